The van der Waals surface area contributed by atoms with E-state index in [1.54, 1.807) is 6.92 Å². The van der Waals surface area contributed by atoms with Crippen LogP contribution in [0.4, 0.5) is 0 Å². The van der Waals surface area contributed by atoms with E-state index >= 15 is 0 Å². The van der Waals surface area contributed by atoms with Crippen molar-refractivity contribution in [1.82, 2.24) is 0 Å². The second-order valence-corrected chi connectivity index (χ2v) is 6.93. The average molecular weight is 292 g/mol. The number of aromatic carboxylic acids is 1. The van der Waals surface area contributed by atoms with Gasteiger partial charge in [0.05, 0.1) is 12.9 Å². The third-order valence-corrected chi connectivity index (χ3v) is 4.68. The molecule has 0 aliphatic heterocycles. The predicted molar refractivity (Wildman–Crippen MR) is 65.5 cm³/mol. The highest BCUT2D eigenvalue weighted by atomic mass is 32.2. The molecule has 0 saturated carbocycles. The number of sulfone groups is 1. The van der Waals surface area contributed by atoms with Crippen LogP contribution in [-0.4, -0.2) is 38.3 Å². The van der Waals surface area contributed by atoms with Crippen molar-refractivity contribution in [2.24, 2.45) is 0 Å². The largest absolute Gasteiger partial charge is 0.477 e. The predicted octanol–water partition coefficient (Wildman–Crippen LogP) is 0.843. The molecule has 8 heteroatoms. The molecule has 0 unspecified atom stereocenters. The summed E-state index contributed by atoms with van der Waals surface area (Å²) in [6.07, 6.45) is 0. The van der Waals surface area contributed by atoms with E-state index in [1.165, 1.54) is 6.07 Å². The summed E-state index contributed by atoms with van der Waals surface area (Å²) in [5, 5.41) is 8.79. The lowest BCUT2D eigenvalue weighted by molar-refractivity contribution is -0.137. The van der Waals surface area contributed by atoms with E-state index in [0.717, 1.165) is 18.4 Å². The highest BCUT2D eigenvalue weighted by Crippen LogP contribution is 2.23. The third kappa shape index (κ3) is 3.81. The smallest absolute Gasteiger partial charge is 0.345 e. The van der Waals surface area contributed by atoms with Crippen molar-refractivity contribution in [3.63, 3.8) is 0 Å². The fourth-order valence-corrected chi connectivity index (χ4v) is 3.62. The molecular weight excluding hydrogens is 280 g/mol. The Bertz CT molecular complexity index is 569. The molecule has 1 aromatic rings. The van der Waals surface area contributed by atoms with Gasteiger partial charge in [-0.15, -0.1) is 11.3 Å². The number of esters is 1. The first-order chi connectivity index (χ1) is 8.25. The van der Waals surface area contributed by atoms with Gasteiger partial charge < -0.3 is 9.84 Å². The van der Waals surface area contributed by atoms with Crippen LogP contribution in [0.15, 0.2) is 6.07 Å². The molecule has 0 atom stereocenters. The minimum atomic E-state index is -3.64. The summed E-state index contributed by atoms with van der Waals surface area (Å²) in [5.41, 5.74) is 0.404. The van der Waals surface area contributed by atoms with Crippen LogP contribution in [0.3, 0.4) is 0 Å². The molecular formula is C10H12O6S2. The second kappa shape index (κ2) is 5.49. The molecule has 1 N–H and O–H groups in total. The summed E-state index contributed by atoms with van der Waals surface area (Å²) < 4.78 is 27.6. The van der Waals surface area contributed by atoms with Gasteiger partial charge in [-0.2, -0.15) is 0 Å². The fourth-order valence-electron chi connectivity index (χ4n) is 1.29. The average Bonchev–Trinajstić information content (AvgIpc) is 2.59. The van der Waals surface area contributed by atoms with Crippen LogP contribution in [0.25, 0.3) is 0 Å². The lowest BCUT2D eigenvalue weighted by Crippen LogP contribution is -2.18. The van der Waals surface area contributed by atoms with Crippen molar-refractivity contribution in [2.75, 3.05) is 12.9 Å². The molecule has 0 radical (unpaired) electrons. The quantitative estimate of drug-likeness (QED) is 0.808. The Morgan fingerprint density at radius 2 is 2.06 bits per heavy atom. The highest BCUT2D eigenvalue weighted by Gasteiger charge is 2.21. The van der Waals surface area contributed by atoms with Gasteiger partial charge in [0.1, 0.15) is 10.6 Å². The molecule has 1 heterocycles. The van der Waals surface area contributed by atoms with Gasteiger partial charge in [-0.05, 0) is 18.6 Å². The van der Waals surface area contributed by atoms with Crippen LogP contribution in [0.5, 0.6) is 0 Å². The van der Waals surface area contributed by atoms with Crippen molar-refractivity contribution in [1.29, 1.82) is 0 Å². The van der Waals surface area contributed by atoms with E-state index in [-0.39, 0.29) is 10.6 Å². The van der Waals surface area contributed by atoms with E-state index in [2.05, 4.69) is 4.74 Å². The normalized spacial score (nSPS) is 11.2. The molecule has 0 aliphatic rings. The molecule has 0 bridgehead atoms. The molecule has 1 rings (SSSR count). The zero-order valence-corrected chi connectivity index (χ0v) is 11.4. The Morgan fingerprint density at radius 1 is 1.44 bits per heavy atom. The van der Waals surface area contributed by atoms with Crippen molar-refractivity contribution < 1.29 is 27.9 Å². The third-order valence-electron chi connectivity index (χ3n) is 2.17. The summed E-state index contributed by atoms with van der Waals surface area (Å²) >= 11 is 1.01. The van der Waals surface area contributed by atoms with E-state index in [4.69, 9.17) is 5.11 Å². The number of hydrogen-bond acceptors (Lipinski definition) is 6. The maximum Gasteiger partial charge on any atom is 0.345 e. The fraction of sp³-hybridized carbons (Fsp3) is 0.400. The topological polar surface area (TPSA) is 97.7 Å². The first-order valence-corrected chi connectivity index (χ1v) is 7.49. The Hall–Kier alpha value is -1.41. The number of carbonyl (C=O) groups excluding carboxylic acids is 1. The van der Waals surface area contributed by atoms with Crippen LogP contribution >= 0.6 is 11.3 Å². The number of carboxylic acids is 1. The molecule has 1 aromatic heterocycles. The van der Waals surface area contributed by atoms with E-state index < -0.39 is 27.5 Å². The van der Waals surface area contributed by atoms with Crippen LogP contribution in [0.2, 0.25) is 0 Å². The van der Waals surface area contributed by atoms with Gasteiger partial charge in [0.2, 0.25) is 0 Å². The maximum absolute atomic E-state index is 11.7. The Labute approximate surface area is 108 Å². The van der Waals surface area contributed by atoms with Gasteiger partial charge in [0, 0.05) is 4.88 Å². The van der Waals surface area contributed by atoms with Crippen molar-refractivity contribution >= 4 is 33.1 Å². The number of methoxy groups -OCH3 is 1. The number of carboxylic acid groups (broad SMARTS) is 1. The summed E-state index contributed by atoms with van der Waals surface area (Å²) in [6.45, 7) is 1.64. The van der Waals surface area contributed by atoms with Crippen LogP contribution in [0, 0.1) is 6.92 Å². The number of rotatable bonds is 5. The number of aryl methyl sites for hydroxylation is 1. The van der Waals surface area contributed by atoms with Gasteiger partial charge in [-0.3, -0.25) is 4.79 Å². The summed E-state index contributed by atoms with van der Waals surface area (Å²) in [4.78, 5) is 22.4. The zero-order valence-electron chi connectivity index (χ0n) is 9.80. The van der Waals surface area contributed by atoms with Crippen LogP contribution in [0.1, 0.15) is 20.1 Å². The molecule has 18 heavy (non-hydrogen) atoms. The Morgan fingerprint density at radius 3 is 2.50 bits per heavy atom. The second-order valence-electron chi connectivity index (χ2n) is 3.61. The summed E-state index contributed by atoms with van der Waals surface area (Å²) in [5.74, 6) is -3.00. The summed E-state index contributed by atoms with van der Waals surface area (Å²) in [6, 6.07) is 1.32. The molecule has 0 aromatic carbocycles. The number of ether oxygens (including phenoxy) is 1. The Balaban J connectivity index is 2.91. The zero-order chi connectivity index (χ0) is 13.9. The standard InChI is InChI=1S/C10H12O6S2/c1-6-7(3-8(17-6)10(12)13)4-18(14,15)5-9(11)16-2/h3H,4-5H2,1-2H3,(H,12,13). The van der Waals surface area contributed by atoms with Crippen LogP contribution < -0.4 is 0 Å². The van der Waals surface area contributed by atoms with E-state index in [0.29, 0.717) is 10.4 Å². The SMILES string of the molecule is COC(=O)CS(=O)(=O)Cc1cc(C(=O)O)sc1C. The maximum atomic E-state index is 11.7. The van der Waals surface area contributed by atoms with Crippen LogP contribution in [-0.2, 0) is 25.1 Å². The highest BCUT2D eigenvalue weighted by molar-refractivity contribution is 7.91. The summed E-state index contributed by atoms with van der Waals surface area (Å²) in [7, 11) is -2.53. The Kier molecular flexibility index (Phi) is 4.47. The minimum Gasteiger partial charge on any atom is -0.477 e. The number of carbonyl (C=O) groups is 2. The number of thiophene rings is 1. The lowest BCUT2D eigenvalue weighted by Gasteiger charge is -2.02. The van der Waals surface area contributed by atoms with Crippen molar-refractivity contribution in [2.45, 2.75) is 12.7 Å². The molecule has 100 valence electrons. The van der Waals surface area contributed by atoms with Gasteiger partial charge in [-0.1, -0.05) is 0 Å². The first kappa shape index (κ1) is 14.7. The minimum absolute atomic E-state index is 0.0794. The van der Waals surface area contributed by atoms with E-state index in [9.17, 15) is 18.0 Å². The molecule has 6 nitrogen and oxygen atoms in total. The van der Waals surface area contributed by atoms with Gasteiger partial charge in [0.15, 0.2) is 9.84 Å². The molecule has 0 saturated heterocycles. The van der Waals surface area contributed by atoms with E-state index in [1.807, 2.05) is 0 Å². The van der Waals surface area contributed by atoms with Gasteiger partial charge >= 0.3 is 11.9 Å². The molecule has 0 aliphatic carbocycles. The molecule has 0 fully saturated rings. The first-order valence-electron chi connectivity index (χ1n) is 4.85. The monoisotopic (exact) mass is 292 g/mol. The lowest BCUT2D eigenvalue weighted by atomic mass is 10.3. The van der Waals surface area contributed by atoms with Crippen molar-refractivity contribution in [3.8, 4) is 0 Å². The van der Waals surface area contributed by atoms with Gasteiger partial charge in [0.25, 0.3) is 0 Å². The van der Waals surface area contributed by atoms with Crippen molar-refractivity contribution in [3.05, 3.63) is 21.4 Å². The van der Waals surface area contributed by atoms with Gasteiger partial charge in [-0.25, -0.2) is 13.2 Å². The molecule has 0 amide bonds. The molecule has 0 spiro atoms. The number of hydrogen-bond donors (Lipinski definition) is 1.